The zero-order chi connectivity index (χ0) is 33.3. The molecule has 0 aromatic carbocycles. The molecule has 0 unspecified atom stereocenters. The van der Waals surface area contributed by atoms with Crippen molar-refractivity contribution in [2.24, 2.45) is 0 Å². The quantitative estimate of drug-likeness (QED) is 0.0358. The van der Waals surface area contributed by atoms with Crippen LogP contribution in [0.1, 0.15) is 187 Å². The average molecular weight is 639 g/mol. The SMILES string of the molecule is CCCCC/C=C/CCCCCCCCCCCCCCCC[N+](CCCCC(=O)O)(CCCCC(=O)O)CCCCC(=O)O. The van der Waals surface area contributed by atoms with Crippen LogP contribution in [0.4, 0.5) is 0 Å². The molecule has 0 fully saturated rings. The van der Waals surface area contributed by atoms with E-state index >= 15 is 0 Å². The molecule has 0 aliphatic carbocycles. The third kappa shape index (κ3) is 31.9. The lowest BCUT2D eigenvalue weighted by atomic mass is 10.0. The summed E-state index contributed by atoms with van der Waals surface area (Å²) < 4.78 is 0.870. The van der Waals surface area contributed by atoms with Gasteiger partial charge in [0.2, 0.25) is 0 Å². The molecule has 7 heteroatoms. The molecule has 0 aliphatic heterocycles. The van der Waals surface area contributed by atoms with Crippen LogP contribution in [-0.4, -0.2) is 63.9 Å². The summed E-state index contributed by atoms with van der Waals surface area (Å²) in [5, 5.41) is 27.2. The Hall–Kier alpha value is -1.89. The first-order valence-corrected chi connectivity index (χ1v) is 19.0. The van der Waals surface area contributed by atoms with Gasteiger partial charge in [-0.15, -0.1) is 0 Å². The Kier molecular flexibility index (Phi) is 30.7. The van der Waals surface area contributed by atoms with E-state index in [2.05, 4.69) is 19.1 Å². The zero-order valence-electron chi connectivity index (χ0n) is 29.3. The van der Waals surface area contributed by atoms with Crippen molar-refractivity contribution in [3.05, 3.63) is 12.2 Å². The summed E-state index contributed by atoms with van der Waals surface area (Å²) in [4.78, 5) is 33.1. The molecule has 0 radical (unpaired) electrons. The predicted octanol–water partition coefficient (Wildman–Crippen LogP) is 10.6. The molecule has 264 valence electrons. The summed E-state index contributed by atoms with van der Waals surface area (Å²) in [7, 11) is 0. The minimum atomic E-state index is -0.765. The Bertz CT molecular complexity index is 683. The van der Waals surface area contributed by atoms with Crippen LogP contribution in [0.3, 0.4) is 0 Å². The molecule has 0 rings (SSSR count). The van der Waals surface area contributed by atoms with Gasteiger partial charge in [-0.05, 0) is 77.0 Å². The fourth-order valence-electron chi connectivity index (χ4n) is 6.42. The van der Waals surface area contributed by atoms with E-state index in [0.717, 1.165) is 56.3 Å². The fourth-order valence-corrected chi connectivity index (χ4v) is 6.42. The number of hydrogen-bond donors (Lipinski definition) is 3. The third-order valence-electron chi connectivity index (χ3n) is 9.21. The van der Waals surface area contributed by atoms with Crippen molar-refractivity contribution in [1.29, 1.82) is 0 Å². The molecule has 0 atom stereocenters. The normalized spacial score (nSPS) is 11.8. The maximum atomic E-state index is 11.0. The molecule has 0 aliphatic rings. The van der Waals surface area contributed by atoms with Crippen molar-refractivity contribution in [1.82, 2.24) is 0 Å². The van der Waals surface area contributed by atoms with Crippen molar-refractivity contribution in [3.8, 4) is 0 Å². The van der Waals surface area contributed by atoms with Crippen molar-refractivity contribution in [2.75, 3.05) is 26.2 Å². The second kappa shape index (κ2) is 32.1. The van der Waals surface area contributed by atoms with Gasteiger partial charge in [0, 0.05) is 19.3 Å². The minimum Gasteiger partial charge on any atom is -0.481 e. The molecule has 7 nitrogen and oxygen atoms in total. The van der Waals surface area contributed by atoms with Crippen molar-refractivity contribution >= 4 is 17.9 Å². The van der Waals surface area contributed by atoms with Gasteiger partial charge in [0.1, 0.15) is 0 Å². The Morgan fingerprint density at radius 1 is 0.400 bits per heavy atom. The largest absolute Gasteiger partial charge is 0.481 e. The second-order valence-corrected chi connectivity index (χ2v) is 13.5. The number of unbranched alkanes of at least 4 members (excludes halogenated alkanes) is 20. The average Bonchev–Trinajstić information content (AvgIpc) is 3.00. The van der Waals surface area contributed by atoms with E-state index in [-0.39, 0.29) is 19.3 Å². The number of carbonyl (C=O) groups is 3. The van der Waals surface area contributed by atoms with E-state index in [4.69, 9.17) is 15.3 Å². The highest BCUT2D eigenvalue weighted by molar-refractivity contribution is 5.67. The van der Waals surface area contributed by atoms with Crippen LogP contribution in [0.15, 0.2) is 12.2 Å². The highest BCUT2D eigenvalue weighted by atomic mass is 16.4. The van der Waals surface area contributed by atoms with Gasteiger partial charge in [0.05, 0.1) is 26.2 Å². The summed E-state index contributed by atoms with van der Waals surface area (Å²) in [6.07, 6.45) is 34.7. The van der Waals surface area contributed by atoms with Crippen LogP contribution in [0.2, 0.25) is 0 Å². The van der Waals surface area contributed by atoms with E-state index < -0.39 is 17.9 Å². The van der Waals surface area contributed by atoms with E-state index in [1.54, 1.807) is 0 Å². The fraction of sp³-hybridized carbons (Fsp3) is 0.868. The van der Waals surface area contributed by atoms with E-state index in [0.29, 0.717) is 19.3 Å². The topological polar surface area (TPSA) is 112 Å². The molecule has 0 aromatic rings. The molecule has 0 saturated carbocycles. The third-order valence-corrected chi connectivity index (χ3v) is 9.21. The van der Waals surface area contributed by atoms with E-state index in [1.807, 2.05) is 0 Å². The summed E-state index contributed by atoms with van der Waals surface area (Å²) in [6.45, 7) is 5.95. The van der Waals surface area contributed by atoms with Crippen LogP contribution in [0, 0.1) is 0 Å². The highest BCUT2D eigenvalue weighted by Gasteiger charge is 2.26. The maximum Gasteiger partial charge on any atom is 0.303 e. The van der Waals surface area contributed by atoms with E-state index in [1.165, 1.54) is 116 Å². The first-order chi connectivity index (χ1) is 21.8. The maximum absolute atomic E-state index is 11.0. The number of rotatable bonds is 36. The number of nitrogens with zero attached hydrogens (tertiary/aromatic N) is 1. The molecule has 0 spiro atoms. The highest BCUT2D eigenvalue weighted by Crippen LogP contribution is 2.20. The van der Waals surface area contributed by atoms with Crippen LogP contribution >= 0.6 is 0 Å². The Morgan fingerprint density at radius 3 is 0.978 bits per heavy atom. The molecule has 0 bridgehead atoms. The van der Waals surface area contributed by atoms with Gasteiger partial charge in [0.25, 0.3) is 0 Å². The minimum absolute atomic E-state index is 0.176. The number of aliphatic carboxylic acids is 3. The molecular weight excluding hydrogens is 566 g/mol. The number of carboxylic acids is 3. The predicted molar refractivity (Wildman–Crippen MR) is 187 cm³/mol. The number of allylic oxidation sites excluding steroid dienone is 2. The van der Waals surface area contributed by atoms with E-state index in [9.17, 15) is 14.4 Å². The first kappa shape index (κ1) is 43.1. The summed E-state index contributed by atoms with van der Waals surface area (Å²) in [5.74, 6) is -2.30. The van der Waals surface area contributed by atoms with Crippen molar-refractivity contribution < 1.29 is 34.2 Å². The van der Waals surface area contributed by atoms with Gasteiger partial charge in [-0.25, -0.2) is 0 Å². The van der Waals surface area contributed by atoms with Gasteiger partial charge in [0.15, 0.2) is 0 Å². The van der Waals surface area contributed by atoms with Gasteiger partial charge in [-0.3, -0.25) is 14.4 Å². The lowest BCUT2D eigenvalue weighted by Gasteiger charge is -2.39. The van der Waals surface area contributed by atoms with Gasteiger partial charge in [-0.2, -0.15) is 0 Å². The lowest BCUT2D eigenvalue weighted by Crippen LogP contribution is -2.51. The van der Waals surface area contributed by atoms with Crippen molar-refractivity contribution in [2.45, 2.75) is 187 Å². The molecule has 0 amide bonds. The standard InChI is InChI=1S/C38H71NO6/c1-2-3-4-5-6-7-8-9-10-11-12-13-14-15-16-17-18-19-20-21-25-32-39(33-26-22-29-36(40)41,34-27-23-30-37(42)43)35-28-24-31-38(44)45/h6-7H,2-5,8-35H2,1H3,(H2-,40,41,42,43,44,45)/p+1/b7-6+. The summed E-state index contributed by atoms with van der Waals surface area (Å²) in [5.41, 5.74) is 0. The molecule has 0 aromatic heterocycles. The Labute approximate surface area is 276 Å². The Morgan fingerprint density at radius 2 is 0.667 bits per heavy atom. The molecule has 45 heavy (non-hydrogen) atoms. The monoisotopic (exact) mass is 639 g/mol. The molecule has 0 saturated heterocycles. The van der Waals surface area contributed by atoms with Crippen LogP contribution < -0.4 is 0 Å². The summed E-state index contributed by atoms with van der Waals surface area (Å²) in [6, 6.07) is 0. The van der Waals surface area contributed by atoms with Crippen LogP contribution in [0.5, 0.6) is 0 Å². The molecule has 3 N–H and O–H groups in total. The first-order valence-electron chi connectivity index (χ1n) is 19.0. The van der Waals surface area contributed by atoms with Crippen LogP contribution in [0.25, 0.3) is 0 Å². The lowest BCUT2D eigenvalue weighted by molar-refractivity contribution is -0.929. The molecular formula is C38H72NO6+. The van der Waals surface area contributed by atoms with Gasteiger partial charge >= 0.3 is 17.9 Å². The summed E-state index contributed by atoms with van der Waals surface area (Å²) >= 11 is 0. The zero-order valence-corrected chi connectivity index (χ0v) is 29.3. The van der Waals surface area contributed by atoms with Crippen LogP contribution in [-0.2, 0) is 14.4 Å². The Balaban J connectivity index is 4.18. The number of quaternary nitrogens is 1. The second-order valence-electron chi connectivity index (χ2n) is 13.5. The smallest absolute Gasteiger partial charge is 0.303 e. The molecule has 0 heterocycles. The van der Waals surface area contributed by atoms with Crippen molar-refractivity contribution in [3.63, 3.8) is 0 Å². The van der Waals surface area contributed by atoms with Gasteiger partial charge < -0.3 is 19.8 Å². The van der Waals surface area contributed by atoms with Gasteiger partial charge in [-0.1, -0.05) is 103 Å². The number of carboxylic acid groups (broad SMARTS) is 3. The number of hydrogen-bond acceptors (Lipinski definition) is 3.